The Morgan fingerprint density at radius 1 is 1.30 bits per heavy atom. The number of terminal acetylenes is 1. The Hall–Kier alpha value is -1.84. The van der Waals surface area contributed by atoms with Crippen LogP contribution in [0.5, 0.6) is 0 Å². The fourth-order valence-electron chi connectivity index (χ4n) is 5.31. The van der Waals surface area contributed by atoms with Crippen molar-refractivity contribution in [2.24, 2.45) is 22.2 Å². The van der Waals surface area contributed by atoms with Crippen LogP contribution >= 0.6 is 0 Å². The van der Waals surface area contributed by atoms with Gasteiger partial charge in [0.05, 0.1) is 17.1 Å². The Labute approximate surface area is 138 Å². The summed E-state index contributed by atoms with van der Waals surface area (Å²) in [5.74, 6) is 2.93. The Balaban J connectivity index is 2.16. The summed E-state index contributed by atoms with van der Waals surface area (Å²) in [5, 5.41) is 19.7. The van der Waals surface area contributed by atoms with Crippen LogP contribution < -0.4 is 0 Å². The van der Waals surface area contributed by atoms with Crippen molar-refractivity contribution >= 4 is 5.78 Å². The first-order valence-corrected chi connectivity index (χ1v) is 8.27. The lowest BCUT2D eigenvalue weighted by molar-refractivity contribution is -0.113. The van der Waals surface area contributed by atoms with Crippen LogP contribution in [0.2, 0.25) is 0 Å². The second-order valence-electron chi connectivity index (χ2n) is 8.09. The largest absolute Gasteiger partial charge is 0.393 e. The van der Waals surface area contributed by atoms with Crippen LogP contribution in [-0.2, 0) is 4.79 Å². The molecule has 0 heterocycles. The summed E-state index contributed by atoms with van der Waals surface area (Å²) in [7, 11) is 0. The van der Waals surface area contributed by atoms with Gasteiger partial charge < -0.3 is 5.11 Å². The second-order valence-corrected chi connectivity index (χ2v) is 8.09. The minimum atomic E-state index is -0.622. The maximum Gasteiger partial charge on any atom is 0.196 e. The first-order chi connectivity index (χ1) is 10.7. The molecule has 0 aromatic carbocycles. The monoisotopic (exact) mass is 309 g/mol. The summed E-state index contributed by atoms with van der Waals surface area (Å²) in [6, 6.07) is 1.99. The van der Waals surface area contributed by atoms with Crippen LogP contribution in [-0.4, -0.2) is 17.0 Å². The molecule has 0 saturated heterocycles. The van der Waals surface area contributed by atoms with E-state index >= 15 is 0 Å². The fourth-order valence-corrected chi connectivity index (χ4v) is 5.31. The maximum atomic E-state index is 12.3. The Bertz CT molecular complexity index is 715. The van der Waals surface area contributed by atoms with Gasteiger partial charge in [-0.05, 0) is 60.2 Å². The van der Waals surface area contributed by atoms with E-state index in [2.05, 4.69) is 26.7 Å². The van der Waals surface area contributed by atoms with Gasteiger partial charge in [-0.15, -0.1) is 6.42 Å². The molecule has 0 amide bonds. The molecule has 0 bridgehead atoms. The van der Waals surface area contributed by atoms with E-state index in [9.17, 15) is 15.2 Å². The van der Waals surface area contributed by atoms with Crippen LogP contribution in [0.15, 0.2) is 23.3 Å². The molecule has 0 aromatic rings. The van der Waals surface area contributed by atoms with Crippen LogP contribution in [0.4, 0.5) is 0 Å². The number of nitrogens with zero attached hydrogens (tertiary/aromatic N) is 1. The average Bonchev–Trinajstić information content (AvgIpc) is 2.52. The quantitative estimate of drug-likeness (QED) is 0.699. The van der Waals surface area contributed by atoms with Gasteiger partial charge in [0.2, 0.25) is 0 Å². The van der Waals surface area contributed by atoms with E-state index in [1.807, 2.05) is 6.07 Å². The predicted octanol–water partition coefficient (Wildman–Crippen LogP) is 3.16. The van der Waals surface area contributed by atoms with Crippen molar-refractivity contribution in [2.45, 2.75) is 52.6 Å². The second kappa shape index (κ2) is 4.83. The predicted molar refractivity (Wildman–Crippen MR) is 87.9 cm³/mol. The van der Waals surface area contributed by atoms with E-state index in [-0.39, 0.29) is 34.2 Å². The number of aliphatic hydroxyl groups excluding tert-OH is 1. The number of nitriles is 1. The Morgan fingerprint density at radius 2 is 2.00 bits per heavy atom. The van der Waals surface area contributed by atoms with E-state index in [0.29, 0.717) is 6.42 Å². The molecule has 0 radical (unpaired) electrons. The van der Waals surface area contributed by atoms with Gasteiger partial charge in [0.25, 0.3) is 0 Å². The van der Waals surface area contributed by atoms with Gasteiger partial charge in [0.1, 0.15) is 6.07 Å². The third-order valence-corrected chi connectivity index (χ3v) is 6.70. The molecule has 4 atom stereocenters. The van der Waals surface area contributed by atoms with Gasteiger partial charge >= 0.3 is 0 Å². The van der Waals surface area contributed by atoms with Crippen molar-refractivity contribution in [1.29, 1.82) is 5.26 Å². The molecule has 0 aromatic heterocycles. The zero-order chi connectivity index (χ0) is 17.0. The summed E-state index contributed by atoms with van der Waals surface area (Å²) in [4.78, 5) is 12.3. The molecule has 120 valence electrons. The number of carbonyl (C=O) groups excluding carboxylic acids is 1. The van der Waals surface area contributed by atoms with Crippen molar-refractivity contribution in [3.05, 3.63) is 23.3 Å². The summed E-state index contributed by atoms with van der Waals surface area (Å²) in [6.07, 6.45) is 12.0. The Morgan fingerprint density at radius 3 is 2.61 bits per heavy atom. The summed E-state index contributed by atoms with van der Waals surface area (Å²) in [5.41, 5.74) is 0.0940. The van der Waals surface area contributed by atoms with E-state index in [1.54, 1.807) is 12.2 Å². The summed E-state index contributed by atoms with van der Waals surface area (Å²) >= 11 is 0. The normalized spacial score (nSPS) is 41.6. The highest BCUT2D eigenvalue weighted by atomic mass is 16.3. The molecule has 1 N–H and O–H groups in total. The van der Waals surface area contributed by atoms with Gasteiger partial charge in [0.15, 0.2) is 5.78 Å². The zero-order valence-corrected chi connectivity index (χ0v) is 14.0. The van der Waals surface area contributed by atoms with E-state index in [4.69, 9.17) is 6.42 Å². The molecule has 0 spiro atoms. The van der Waals surface area contributed by atoms with Crippen molar-refractivity contribution in [3.8, 4) is 18.4 Å². The van der Waals surface area contributed by atoms with E-state index in [1.165, 1.54) is 0 Å². The van der Waals surface area contributed by atoms with Gasteiger partial charge in [0, 0.05) is 0 Å². The maximum absolute atomic E-state index is 12.3. The van der Waals surface area contributed by atoms with E-state index < -0.39 is 5.41 Å². The number of aliphatic hydroxyl groups is 1. The van der Waals surface area contributed by atoms with Crippen molar-refractivity contribution in [2.75, 3.05) is 0 Å². The number of hydrogen-bond donors (Lipinski definition) is 1. The molecule has 0 aliphatic heterocycles. The zero-order valence-electron chi connectivity index (χ0n) is 14.0. The van der Waals surface area contributed by atoms with Crippen LogP contribution in [0.25, 0.3) is 0 Å². The molecule has 3 aliphatic carbocycles. The number of hydrogen-bond acceptors (Lipinski definition) is 3. The van der Waals surface area contributed by atoms with Gasteiger partial charge in [-0.1, -0.05) is 26.7 Å². The van der Waals surface area contributed by atoms with E-state index in [0.717, 1.165) is 24.8 Å². The topological polar surface area (TPSA) is 61.1 Å². The number of rotatable bonds is 0. The lowest BCUT2D eigenvalue weighted by atomic mass is 9.44. The summed E-state index contributed by atoms with van der Waals surface area (Å²) in [6.45, 7) is 6.41. The smallest absolute Gasteiger partial charge is 0.196 e. The molecule has 23 heavy (non-hydrogen) atoms. The van der Waals surface area contributed by atoms with Gasteiger partial charge in [-0.2, -0.15) is 5.26 Å². The number of fused-ring (bicyclic) bond motifs is 3. The first kappa shape index (κ1) is 16.0. The van der Waals surface area contributed by atoms with Crippen LogP contribution in [0.3, 0.4) is 0 Å². The van der Waals surface area contributed by atoms with Crippen molar-refractivity contribution in [3.63, 3.8) is 0 Å². The van der Waals surface area contributed by atoms with Crippen molar-refractivity contribution < 1.29 is 9.90 Å². The average molecular weight is 309 g/mol. The minimum absolute atomic E-state index is 0.156. The highest BCUT2D eigenvalue weighted by molar-refractivity contribution is 6.09. The first-order valence-electron chi connectivity index (χ1n) is 8.27. The number of carbonyl (C=O) groups is 1. The van der Waals surface area contributed by atoms with Crippen molar-refractivity contribution in [1.82, 2.24) is 0 Å². The van der Waals surface area contributed by atoms with Gasteiger partial charge in [-0.25, -0.2) is 0 Å². The molecular formula is C20H23NO2. The van der Waals surface area contributed by atoms with Crippen LogP contribution in [0, 0.1) is 45.8 Å². The minimum Gasteiger partial charge on any atom is -0.393 e. The van der Waals surface area contributed by atoms with Crippen LogP contribution in [0.1, 0.15) is 46.5 Å². The summed E-state index contributed by atoms with van der Waals surface area (Å²) < 4.78 is 0. The standard InChI is InChI=1S/C20H23NO2/c1-5-20-9-6-15-18(2,3)17(23)7-8-19(15,4)16(20)10-14(22)13(11-20)12-21/h1,10-11,15,17,23H,6-9H2,2-4H3/t15-,17?,19-,20-/m0/s1. The lowest BCUT2D eigenvalue weighted by Crippen LogP contribution is -2.55. The Kier molecular flexibility index (Phi) is 3.36. The molecule has 1 unspecified atom stereocenters. The number of allylic oxidation sites excluding steroid dienone is 4. The highest BCUT2D eigenvalue weighted by Gasteiger charge is 2.59. The molecule has 3 nitrogen and oxygen atoms in total. The third kappa shape index (κ3) is 1.97. The molecule has 3 aliphatic rings. The molecule has 3 rings (SSSR count). The molecule has 2 fully saturated rings. The molecule has 2 saturated carbocycles. The third-order valence-electron chi connectivity index (χ3n) is 6.70. The fraction of sp³-hybridized carbons (Fsp3) is 0.600. The molecular weight excluding hydrogens is 286 g/mol. The molecule has 3 heteroatoms. The SMILES string of the molecule is C#C[C@]12C=C(C#N)C(=O)C=C1[C@@]1(C)CCC(O)C(C)(C)[C@@H]1CC2. The number of ketones is 1. The van der Waals surface area contributed by atoms with Gasteiger partial charge in [-0.3, -0.25) is 4.79 Å². The lowest BCUT2D eigenvalue weighted by Gasteiger charge is -2.60. The highest BCUT2D eigenvalue weighted by Crippen LogP contribution is 2.65.